The number of pyridine rings is 2. The first kappa shape index (κ1) is 19.1. The van der Waals surface area contributed by atoms with Gasteiger partial charge in [0.1, 0.15) is 0 Å². The Labute approximate surface area is 159 Å². The zero-order valence-corrected chi connectivity index (χ0v) is 16.0. The lowest BCUT2D eigenvalue weighted by molar-refractivity contribution is 0.612. The molecule has 0 bridgehead atoms. The van der Waals surface area contributed by atoms with Crippen LogP contribution in [0.3, 0.4) is 0 Å². The SMILES string of the molecule is CCNC(=NCCc1ccc(C)nc1)NC1CCN(c2ncccc2F)C1. The van der Waals surface area contributed by atoms with Crippen molar-refractivity contribution in [3.05, 3.63) is 53.7 Å². The van der Waals surface area contributed by atoms with E-state index < -0.39 is 0 Å². The highest BCUT2D eigenvalue weighted by Gasteiger charge is 2.25. The molecule has 1 aliphatic rings. The average Bonchev–Trinajstić information content (AvgIpc) is 3.12. The Morgan fingerprint density at radius 1 is 1.33 bits per heavy atom. The van der Waals surface area contributed by atoms with Gasteiger partial charge in [0.15, 0.2) is 17.6 Å². The minimum absolute atomic E-state index is 0.213. The van der Waals surface area contributed by atoms with Crippen LogP contribution in [0.2, 0.25) is 0 Å². The molecule has 1 aliphatic heterocycles. The Bertz CT molecular complexity index is 761. The van der Waals surface area contributed by atoms with E-state index in [1.54, 1.807) is 12.3 Å². The number of nitrogens with one attached hydrogen (secondary N) is 2. The van der Waals surface area contributed by atoms with Gasteiger partial charge in [-0.1, -0.05) is 6.07 Å². The Kier molecular flexibility index (Phi) is 6.57. The third-order valence-electron chi connectivity index (χ3n) is 4.55. The normalized spacial score (nSPS) is 17.2. The highest BCUT2D eigenvalue weighted by molar-refractivity contribution is 5.80. The molecule has 3 rings (SSSR count). The van der Waals surface area contributed by atoms with Crippen molar-refractivity contribution in [1.29, 1.82) is 0 Å². The Hall–Kier alpha value is -2.70. The Balaban J connectivity index is 1.54. The van der Waals surface area contributed by atoms with E-state index in [2.05, 4.69) is 31.7 Å². The second-order valence-corrected chi connectivity index (χ2v) is 6.70. The summed E-state index contributed by atoms with van der Waals surface area (Å²) in [4.78, 5) is 15.1. The lowest BCUT2D eigenvalue weighted by Crippen LogP contribution is -2.44. The Morgan fingerprint density at radius 2 is 2.22 bits per heavy atom. The topological polar surface area (TPSA) is 65.4 Å². The standard InChI is InChI=1S/C20H27FN6/c1-3-22-20(24-11-8-16-7-6-15(2)25-13-16)26-17-9-12-27(14-17)19-18(21)5-4-10-23-19/h4-7,10,13,17H,3,8-9,11-12,14H2,1-2H3,(H2,22,24,26). The predicted molar refractivity (Wildman–Crippen MR) is 107 cm³/mol. The molecule has 0 radical (unpaired) electrons. The fraction of sp³-hybridized carbons (Fsp3) is 0.450. The van der Waals surface area contributed by atoms with E-state index in [0.717, 1.165) is 37.6 Å². The summed E-state index contributed by atoms with van der Waals surface area (Å²) in [5, 5.41) is 6.75. The molecule has 0 aromatic carbocycles. The molecule has 0 aliphatic carbocycles. The van der Waals surface area contributed by atoms with Gasteiger partial charge in [0.25, 0.3) is 0 Å². The number of nitrogens with zero attached hydrogens (tertiary/aromatic N) is 4. The maximum Gasteiger partial charge on any atom is 0.191 e. The fourth-order valence-corrected chi connectivity index (χ4v) is 3.14. The zero-order chi connectivity index (χ0) is 19.1. The average molecular weight is 370 g/mol. The smallest absolute Gasteiger partial charge is 0.191 e. The summed E-state index contributed by atoms with van der Waals surface area (Å²) < 4.78 is 13.9. The van der Waals surface area contributed by atoms with E-state index in [1.165, 1.54) is 11.6 Å². The largest absolute Gasteiger partial charge is 0.357 e. The maximum absolute atomic E-state index is 13.9. The van der Waals surface area contributed by atoms with Crippen LogP contribution in [0.15, 0.2) is 41.7 Å². The van der Waals surface area contributed by atoms with Crippen molar-refractivity contribution in [3.63, 3.8) is 0 Å². The van der Waals surface area contributed by atoms with Crippen LogP contribution < -0.4 is 15.5 Å². The van der Waals surface area contributed by atoms with Crippen molar-refractivity contribution in [2.24, 2.45) is 4.99 Å². The number of hydrogen-bond donors (Lipinski definition) is 2. The van der Waals surface area contributed by atoms with Gasteiger partial charge in [-0.2, -0.15) is 0 Å². The third-order valence-corrected chi connectivity index (χ3v) is 4.55. The molecular formula is C20H27FN6. The van der Waals surface area contributed by atoms with Gasteiger partial charge in [-0.25, -0.2) is 9.37 Å². The van der Waals surface area contributed by atoms with Gasteiger partial charge in [0.05, 0.1) is 0 Å². The molecule has 2 aromatic rings. The van der Waals surface area contributed by atoms with Gasteiger partial charge >= 0.3 is 0 Å². The van der Waals surface area contributed by atoms with Crippen LogP contribution in [0.5, 0.6) is 0 Å². The number of guanidine groups is 1. The van der Waals surface area contributed by atoms with E-state index in [0.29, 0.717) is 18.9 Å². The first-order chi connectivity index (χ1) is 13.2. The number of halogens is 1. The number of aryl methyl sites for hydroxylation is 1. The molecule has 2 aromatic heterocycles. The maximum atomic E-state index is 13.9. The van der Waals surface area contributed by atoms with Crippen molar-refractivity contribution in [2.45, 2.75) is 32.7 Å². The minimum atomic E-state index is -0.273. The lowest BCUT2D eigenvalue weighted by Gasteiger charge is -2.20. The summed E-state index contributed by atoms with van der Waals surface area (Å²) in [5.74, 6) is 0.951. The molecule has 144 valence electrons. The van der Waals surface area contributed by atoms with Gasteiger partial charge in [0, 0.05) is 50.3 Å². The number of hydrogen-bond acceptors (Lipinski definition) is 4. The molecule has 2 N–H and O–H groups in total. The van der Waals surface area contributed by atoms with Crippen LogP contribution in [0.1, 0.15) is 24.6 Å². The molecule has 7 heteroatoms. The molecule has 1 saturated heterocycles. The van der Waals surface area contributed by atoms with Crippen LogP contribution in [0.25, 0.3) is 0 Å². The summed E-state index contributed by atoms with van der Waals surface area (Å²) in [6, 6.07) is 7.39. The molecule has 0 saturated carbocycles. The highest BCUT2D eigenvalue weighted by atomic mass is 19.1. The van der Waals surface area contributed by atoms with E-state index >= 15 is 0 Å². The van der Waals surface area contributed by atoms with E-state index in [9.17, 15) is 4.39 Å². The second-order valence-electron chi connectivity index (χ2n) is 6.70. The quantitative estimate of drug-likeness (QED) is 0.603. The monoisotopic (exact) mass is 370 g/mol. The molecule has 0 amide bonds. The predicted octanol–water partition coefficient (Wildman–Crippen LogP) is 2.30. The van der Waals surface area contributed by atoms with Crippen molar-refractivity contribution in [1.82, 2.24) is 20.6 Å². The van der Waals surface area contributed by atoms with Gasteiger partial charge in [-0.05, 0) is 50.5 Å². The van der Waals surface area contributed by atoms with Gasteiger partial charge < -0.3 is 15.5 Å². The number of anilines is 1. The fourth-order valence-electron chi connectivity index (χ4n) is 3.14. The zero-order valence-electron chi connectivity index (χ0n) is 16.0. The van der Waals surface area contributed by atoms with Crippen molar-refractivity contribution in [3.8, 4) is 0 Å². The lowest BCUT2D eigenvalue weighted by atomic mass is 10.2. The number of aromatic nitrogens is 2. The van der Waals surface area contributed by atoms with E-state index in [-0.39, 0.29) is 11.9 Å². The second kappa shape index (κ2) is 9.30. The van der Waals surface area contributed by atoms with Crippen LogP contribution in [-0.4, -0.2) is 48.1 Å². The van der Waals surface area contributed by atoms with E-state index in [1.807, 2.05) is 31.0 Å². The number of rotatable bonds is 6. The minimum Gasteiger partial charge on any atom is -0.357 e. The molecule has 3 heterocycles. The van der Waals surface area contributed by atoms with Crippen molar-refractivity contribution >= 4 is 11.8 Å². The number of aliphatic imine (C=N–C) groups is 1. The van der Waals surface area contributed by atoms with Crippen LogP contribution >= 0.6 is 0 Å². The summed E-state index contributed by atoms with van der Waals surface area (Å²) in [6.45, 7) is 7.00. The van der Waals surface area contributed by atoms with E-state index in [4.69, 9.17) is 0 Å². The summed E-state index contributed by atoms with van der Waals surface area (Å²) in [5.41, 5.74) is 2.20. The molecule has 1 fully saturated rings. The Morgan fingerprint density at radius 3 is 2.96 bits per heavy atom. The molecular weight excluding hydrogens is 343 g/mol. The van der Waals surface area contributed by atoms with Gasteiger partial charge in [0.2, 0.25) is 0 Å². The first-order valence-electron chi connectivity index (χ1n) is 9.47. The van der Waals surface area contributed by atoms with Crippen LogP contribution in [-0.2, 0) is 6.42 Å². The summed E-state index contributed by atoms with van der Waals surface area (Å²) in [7, 11) is 0. The molecule has 0 spiro atoms. The van der Waals surface area contributed by atoms with Crippen LogP contribution in [0, 0.1) is 12.7 Å². The van der Waals surface area contributed by atoms with Gasteiger partial charge in [-0.3, -0.25) is 9.98 Å². The summed E-state index contributed by atoms with van der Waals surface area (Å²) >= 11 is 0. The van der Waals surface area contributed by atoms with Crippen LogP contribution in [0.4, 0.5) is 10.2 Å². The molecule has 1 unspecified atom stereocenters. The van der Waals surface area contributed by atoms with Gasteiger partial charge in [-0.15, -0.1) is 0 Å². The van der Waals surface area contributed by atoms with Crippen molar-refractivity contribution in [2.75, 3.05) is 31.1 Å². The summed E-state index contributed by atoms with van der Waals surface area (Å²) in [6.07, 6.45) is 5.30. The molecule has 1 atom stereocenters. The molecule has 6 nitrogen and oxygen atoms in total. The molecule has 27 heavy (non-hydrogen) atoms. The third kappa shape index (κ3) is 5.39. The highest BCUT2D eigenvalue weighted by Crippen LogP contribution is 2.20. The van der Waals surface area contributed by atoms with Crippen molar-refractivity contribution < 1.29 is 4.39 Å². The first-order valence-corrected chi connectivity index (χ1v) is 9.47.